The minimum absolute atomic E-state index is 0. The second kappa shape index (κ2) is 24.4. The average molecular weight is 1290 g/mol. The van der Waals surface area contributed by atoms with Crippen molar-refractivity contribution in [3.63, 3.8) is 0 Å². The van der Waals surface area contributed by atoms with E-state index in [1.165, 1.54) is 49.9 Å². The second-order valence-corrected chi connectivity index (χ2v) is 27.6. The summed E-state index contributed by atoms with van der Waals surface area (Å²) in [4.78, 5) is 50.1. The van der Waals surface area contributed by atoms with Crippen molar-refractivity contribution in [2.24, 2.45) is 22.7 Å². The number of aromatic nitrogens is 4. The Balaban J connectivity index is 0.000000193. The van der Waals surface area contributed by atoms with Gasteiger partial charge in [0.1, 0.15) is 19.1 Å². The molecule has 0 unspecified atom stereocenters. The Kier molecular flexibility index (Phi) is 18.5. The number of halogens is 1. The number of nitrogens with zero attached hydrogens (tertiary/aromatic N) is 7. The molecule has 2 amide bonds. The molecule has 1 N–H and O–H groups in total. The maximum absolute atomic E-state index is 14.1. The summed E-state index contributed by atoms with van der Waals surface area (Å²) in [6.45, 7) is 17.0. The van der Waals surface area contributed by atoms with Crippen molar-refractivity contribution in [1.82, 2.24) is 29.7 Å². The van der Waals surface area contributed by atoms with Gasteiger partial charge in [-0.1, -0.05) is 76.2 Å². The molecule has 0 radical (unpaired) electrons. The predicted octanol–water partition coefficient (Wildman–Crippen LogP) is 9.72. The first-order valence-electron chi connectivity index (χ1n) is 28.1. The molecule has 6 aromatic rings. The third-order valence-corrected chi connectivity index (χ3v) is 19.6. The van der Waals surface area contributed by atoms with E-state index in [1.54, 1.807) is 36.4 Å². The van der Waals surface area contributed by atoms with E-state index >= 15 is 0 Å². The Morgan fingerprint density at radius 3 is 1.45 bits per heavy atom. The largest absolute Gasteiger partial charge is 1.00 e. The van der Waals surface area contributed by atoms with Crippen molar-refractivity contribution in [1.29, 1.82) is 0 Å². The molecule has 0 saturated heterocycles. The van der Waals surface area contributed by atoms with Gasteiger partial charge in [-0.2, -0.15) is 4.98 Å². The maximum Gasteiger partial charge on any atom is 1.00 e. The van der Waals surface area contributed by atoms with Gasteiger partial charge in [-0.15, -0.1) is 24.0 Å². The maximum atomic E-state index is 14.1. The van der Waals surface area contributed by atoms with E-state index in [2.05, 4.69) is 57.1 Å². The molecular formula is C62H72IKN8O8S2. The average Bonchev–Trinajstić information content (AvgIpc) is 4.36. The van der Waals surface area contributed by atoms with Crippen molar-refractivity contribution < 1.29 is 87.3 Å². The predicted molar refractivity (Wildman–Crippen MR) is 322 cm³/mol. The summed E-state index contributed by atoms with van der Waals surface area (Å²) in [6, 6.07) is 27.7. The standard InChI is InChI=1S/C31H36N4O4S.C31H35N4O4S.HI.K/c2*1-19(2)13-23-18-39-27-15-26(28-20(3)7-5-8-21(28)4)32-30(33-27)34-40(37,38)25-10-6-9-22(14-25)29(36)35(23)24-16-31(17-24)11-12-31;;/h5-10,14-15,19,23-24H,11-13,16-18H2,1-4H3,(H,32,33,34);5-10,14-15,19,23-24H,11-13,16-18H2,1-4H3;1H;/q;-1;;+1/t2*23-;;/m11../s1. The van der Waals surface area contributed by atoms with Crippen molar-refractivity contribution in [3.05, 3.63) is 135 Å². The van der Waals surface area contributed by atoms with Crippen LogP contribution < -0.4 is 65.6 Å². The van der Waals surface area contributed by atoms with Gasteiger partial charge in [0, 0.05) is 46.5 Å². The summed E-state index contributed by atoms with van der Waals surface area (Å²) in [6.07, 6.45) is 10.3. The second-order valence-electron chi connectivity index (χ2n) is 24.3. The fourth-order valence-electron chi connectivity index (χ4n) is 12.7. The molecule has 2 aliphatic heterocycles. The van der Waals surface area contributed by atoms with E-state index in [4.69, 9.17) is 9.47 Å². The van der Waals surface area contributed by atoms with Crippen LogP contribution >= 0.6 is 24.0 Å². The molecule has 2 aromatic heterocycles. The molecule has 16 nitrogen and oxygen atoms in total. The normalized spacial score (nSPS) is 21.6. The molecule has 4 aromatic carbocycles. The van der Waals surface area contributed by atoms with Gasteiger partial charge in [0.05, 0.1) is 27.6 Å². The first-order chi connectivity index (χ1) is 38.1. The van der Waals surface area contributed by atoms with Gasteiger partial charge in [0.2, 0.25) is 21.9 Å². The van der Waals surface area contributed by atoms with Crippen LogP contribution in [0, 0.1) is 50.4 Å². The number of carbonyl (C=O) groups is 2. The Hall–Kier alpha value is -4.55. The Labute approximate surface area is 542 Å². The van der Waals surface area contributed by atoms with Crippen LogP contribution in [0.15, 0.2) is 107 Å². The number of rotatable bonds is 8. The van der Waals surface area contributed by atoms with Gasteiger partial charge in [0.15, 0.2) is 0 Å². The van der Waals surface area contributed by atoms with E-state index in [9.17, 15) is 26.4 Å². The number of carbonyl (C=O) groups excluding carboxylic acids is 2. The quantitative estimate of drug-likeness (QED) is 0.112. The van der Waals surface area contributed by atoms with E-state index in [-0.39, 0.29) is 158 Å². The molecule has 4 fully saturated rings. The van der Waals surface area contributed by atoms with Crippen LogP contribution in [0.1, 0.15) is 135 Å². The van der Waals surface area contributed by atoms with Crippen LogP contribution in [0.3, 0.4) is 0 Å². The molecule has 4 heterocycles. The Morgan fingerprint density at radius 2 is 1.00 bits per heavy atom. The molecule has 12 rings (SSSR count). The first kappa shape index (κ1) is 62.0. The van der Waals surface area contributed by atoms with Crippen molar-refractivity contribution in [2.75, 3.05) is 17.9 Å². The zero-order valence-corrected chi connectivity index (χ0v) is 55.4. The molecule has 2 spiro atoms. The number of sulfonamides is 2. The van der Waals surface area contributed by atoms with Crippen molar-refractivity contribution in [3.8, 4) is 34.3 Å². The van der Waals surface area contributed by atoms with Gasteiger partial charge < -0.3 is 29.2 Å². The summed E-state index contributed by atoms with van der Waals surface area (Å²) < 4.78 is 73.0. The molecule has 428 valence electrons. The number of fused-ring (bicyclic) bond motifs is 8. The minimum atomic E-state index is -4.20. The number of nitrogens with one attached hydrogen (secondary N) is 1. The summed E-state index contributed by atoms with van der Waals surface area (Å²) in [5.41, 5.74) is 8.40. The van der Waals surface area contributed by atoms with Crippen LogP contribution in [-0.4, -0.2) is 95.8 Å². The SMILES string of the molecule is Cc1cccc(C)c1-c1cc2nc(n1)NS(=O)(=O)c1cccc(c1)C(=O)N(C1CC3(CC3)C1)[C@H](CC(C)C)CO2.Cc1cccc(C)c1-c1cc2nc(n1)[N-]S(=O)(=O)c1cccc(c1)C(=O)N(C1CC3(CC3)C1)[C@H](CC(C)C)CO2.I.[K+]. The van der Waals surface area contributed by atoms with Crippen LogP contribution in [0.4, 0.5) is 11.9 Å². The third kappa shape index (κ3) is 13.3. The van der Waals surface area contributed by atoms with Gasteiger partial charge in [-0.05, 0) is 185 Å². The van der Waals surface area contributed by atoms with E-state index in [0.29, 0.717) is 45.2 Å². The van der Waals surface area contributed by atoms with Crippen molar-refractivity contribution >= 4 is 67.7 Å². The smallest absolute Gasteiger partial charge is 0.488 e. The molecule has 82 heavy (non-hydrogen) atoms. The summed E-state index contributed by atoms with van der Waals surface area (Å²) in [7, 11) is -8.27. The molecule has 8 bridgehead atoms. The summed E-state index contributed by atoms with van der Waals surface area (Å²) >= 11 is 0. The third-order valence-electron chi connectivity index (χ3n) is 17.0. The van der Waals surface area contributed by atoms with Gasteiger partial charge >= 0.3 is 51.4 Å². The van der Waals surface area contributed by atoms with E-state index < -0.39 is 20.0 Å². The molecular weight excluding hydrogens is 1210 g/mol. The van der Waals surface area contributed by atoms with Crippen LogP contribution in [-0.2, 0) is 20.0 Å². The number of amides is 2. The summed E-state index contributed by atoms with van der Waals surface area (Å²) in [5.74, 6) is 0.568. The van der Waals surface area contributed by atoms with Crippen LogP contribution in [0.5, 0.6) is 11.8 Å². The molecule has 4 saturated carbocycles. The number of hydrogen-bond donors (Lipinski definition) is 1. The topological polar surface area (TPSA) is 205 Å². The molecule has 2 atom stereocenters. The fraction of sp³-hybridized carbons (Fsp3) is 0.452. The van der Waals surface area contributed by atoms with Crippen LogP contribution in [0.25, 0.3) is 27.2 Å². The van der Waals surface area contributed by atoms with Gasteiger partial charge in [-0.25, -0.2) is 26.5 Å². The fourth-order valence-corrected chi connectivity index (χ4v) is 14.6. The Morgan fingerprint density at radius 1 is 0.585 bits per heavy atom. The summed E-state index contributed by atoms with van der Waals surface area (Å²) in [5, 5.41) is 0. The van der Waals surface area contributed by atoms with Crippen LogP contribution in [0.2, 0.25) is 0 Å². The zero-order chi connectivity index (χ0) is 56.5. The minimum Gasteiger partial charge on any atom is -0.488 e. The first-order valence-corrected chi connectivity index (χ1v) is 31.0. The number of ether oxygens (including phenoxy) is 2. The van der Waals surface area contributed by atoms with Crippen molar-refractivity contribution in [2.45, 2.75) is 154 Å². The number of hydrogen-bond acceptors (Lipinski definition) is 12. The number of aryl methyl sites for hydroxylation is 4. The Bertz CT molecular complexity index is 3360. The van der Waals surface area contributed by atoms with Gasteiger partial charge in [-0.3, -0.25) is 14.3 Å². The monoisotopic (exact) mass is 1290 g/mol. The molecule has 20 heteroatoms. The van der Waals surface area contributed by atoms with Gasteiger partial charge in [0.25, 0.3) is 21.8 Å². The number of benzene rings is 4. The zero-order valence-electron chi connectivity index (χ0n) is 48.3. The van der Waals surface area contributed by atoms with E-state index in [1.807, 2.05) is 73.9 Å². The van der Waals surface area contributed by atoms with E-state index in [0.717, 1.165) is 71.9 Å². The molecule has 6 aliphatic rings. The molecule has 4 aliphatic carbocycles. The number of anilines is 1.